The van der Waals surface area contributed by atoms with Crippen LogP contribution in [0, 0.1) is 0 Å². The van der Waals surface area contributed by atoms with Crippen molar-refractivity contribution in [1.82, 2.24) is 0 Å². The van der Waals surface area contributed by atoms with Gasteiger partial charge in [-0.2, -0.15) is 0 Å². The summed E-state index contributed by atoms with van der Waals surface area (Å²) >= 11 is 0. The minimum absolute atomic E-state index is 0.00445. The fourth-order valence-electron chi connectivity index (χ4n) is 7.60. The van der Waals surface area contributed by atoms with E-state index in [-0.39, 0.29) is 26.1 Å². The number of hydrogen-bond acceptors (Lipinski definition) is 7. The molecule has 0 saturated carbocycles. The summed E-state index contributed by atoms with van der Waals surface area (Å²) in [4.78, 5) is 35.8. The average Bonchev–Trinajstić information content (AvgIpc) is 3.70. The first-order chi connectivity index (χ1) is 42.0. The van der Waals surface area contributed by atoms with Crippen molar-refractivity contribution in [3.63, 3.8) is 0 Å². The van der Waals surface area contributed by atoms with Gasteiger partial charge in [0, 0.05) is 12.8 Å². The Morgan fingerprint density at radius 1 is 0.360 bits per heavy atom. The second-order valence-electron chi connectivity index (χ2n) is 21.7. The number of rotatable bonds is 56. The van der Waals surface area contributed by atoms with Gasteiger partial charge in [-0.15, -0.1) is 0 Å². The molecule has 478 valence electrons. The number of allylic oxidation sites excluding steroid dienone is 36. The van der Waals surface area contributed by atoms with Crippen molar-refractivity contribution in [2.24, 2.45) is 0 Å². The van der Waals surface area contributed by atoms with Crippen LogP contribution in [0.1, 0.15) is 194 Å². The molecule has 0 aromatic heterocycles. The first-order valence-corrected chi connectivity index (χ1v) is 34.0. The maximum absolute atomic E-state index is 12.9. The summed E-state index contributed by atoms with van der Waals surface area (Å²) in [6.07, 6.45) is 103. The fourth-order valence-corrected chi connectivity index (χ4v) is 8.34. The number of quaternary nitrogens is 1. The Morgan fingerprint density at radius 2 is 0.640 bits per heavy atom. The molecule has 0 aliphatic heterocycles. The lowest BCUT2D eigenvalue weighted by atomic mass is 10.1. The second kappa shape index (κ2) is 63.8. The molecule has 2 atom stereocenters. The lowest BCUT2D eigenvalue weighted by Crippen LogP contribution is -2.37. The zero-order chi connectivity index (χ0) is 62.6. The Hall–Kier alpha value is -5.67. The number of carbonyl (C=O) groups excluding carboxylic acids is 2. The van der Waals surface area contributed by atoms with Crippen LogP contribution in [0.2, 0.25) is 0 Å². The Kier molecular flexibility index (Phi) is 59.6. The molecule has 0 aromatic rings. The minimum Gasteiger partial charge on any atom is -0.462 e. The molecule has 0 aliphatic carbocycles. The molecule has 1 N–H and O–H groups in total. The van der Waals surface area contributed by atoms with E-state index in [9.17, 15) is 19.0 Å². The van der Waals surface area contributed by atoms with E-state index in [0.717, 1.165) is 154 Å². The van der Waals surface area contributed by atoms with Gasteiger partial charge in [-0.25, -0.2) is 4.57 Å². The van der Waals surface area contributed by atoms with Gasteiger partial charge < -0.3 is 18.9 Å². The summed E-state index contributed by atoms with van der Waals surface area (Å²) in [6.45, 7) is 4.07. The Labute approximate surface area is 525 Å². The van der Waals surface area contributed by atoms with Gasteiger partial charge in [0.2, 0.25) is 0 Å². The highest BCUT2D eigenvalue weighted by molar-refractivity contribution is 7.47. The number of phosphoric ester groups is 1. The van der Waals surface area contributed by atoms with Crippen molar-refractivity contribution in [2.45, 2.75) is 200 Å². The third kappa shape index (κ3) is 67.5. The van der Waals surface area contributed by atoms with Crippen molar-refractivity contribution < 1.29 is 42.1 Å². The molecule has 0 spiro atoms. The van der Waals surface area contributed by atoms with Crippen LogP contribution in [0.25, 0.3) is 0 Å². The molecule has 2 unspecified atom stereocenters. The highest BCUT2D eigenvalue weighted by Gasteiger charge is 2.27. The first-order valence-electron chi connectivity index (χ1n) is 32.5. The number of likely N-dealkylation sites (N-methyl/N-ethyl adjacent to an activating group) is 1. The summed E-state index contributed by atoms with van der Waals surface area (Å²) < 4.78 is 34.5. The summed E-state index contributed by atoms with van der Waals surface area (Å²) in [6, 6.07) is 0. The van der Waals surface area contributed by atoms with E-state index in [4.69, 9.17) is 18.5 Å². The summed E-state index contributed by atoms with van der Waals surface area (Å²) in [7, 11) is 1.39. The quantitative estimate of drug-likeness (QED) is 0.0211. The summed E-state index contributed by atoms with van der Waals surface area (Å²) in [5, 5.41) is 0. The number of nitrogens with zero attached hydrogens (tertiary/aromatic N) is 1. The van der Waals surface area contributed by atoms with E-state index < -0.39 is 32.5 Å². The minimum atomic E-state index is -4.43. The van der Waals surface area contributed by atoms with Crippen LogP contribution >= 0.6 is 7.82 Å². The van der Waals surface area contributed by atoms with Crippen LogP contribution in [0.3, 0.4) is 0 Å². The predicted molar refractivity (Wildman–Crippen MR) is 371 cm³/mol. The van der Waals surface area contributed by atoms with Gasteiger partial charge in [-0.1, -0.05) is 252 Å². The molecule has 0 rings (SSSR count). The number of hydrogen-bond donors (Lipinski definition) is 1. The van der Waals surface area contributed by atoms with Crippen LogP contribution in [0.5, 0.6) is 0 Å². The standard InChI is InChI=1S/C76H116NO8P/c1-6-8-10-12-14-16-18-20-22-24-26-28-30-32-34-36-37-38-39-41-43-45-47-49-51-53-55-57-59-61-63-65-67-69-76(79)85-74(73-84-86(80,81)83-71-70-77(3,4)5)72-82-75(78)68-66-64-62-60-58-56-54-52-50-48-46-44-42-40-35-33-31-29-27-25-23-21-19-17-15-13-11-9-7-2/h8-11,14-17,20-23,26-29,32-35,37-38,41-44,47-50,53-56,60,62,74H,6-7,12-13,18-19,24-25,30-31,36,39-40,45-46,51-52,57-59,61,63-73H2,1-5H3/p+1/b10-8-,11-9-,16-14-,17-15-,22-20-,23-21-,28-26-,29-27-,34-32-,35-33-,38-37-,43-41-,44-42-,49-47-,50-48-,55-53-,56-54-,62-60-. The highest BCUT2D eigenvalue weighted by atomic mass is 31.2. The third-order valence-electron chi connectivity index (χ3n) is 12.5. The van der Waals surface area contributed by atoms with Crippen LogP contribution in [-0.4, -0.2) is 74.9 Å². The van der Waals surface area contributed by atoms with E-state index in [2.05, 4.69) is 233 Å². The van der Waals surface area contributed by atoms with Crippen molar-refractivity contribution in [3.05, 3.63) is 219 Å². The van der Waals surface area contributed by atoms with Crippen LogP contribution in [0.15, 0.2) is 219 Å². The topological polar surface area (TPSA) is 108 Å². The lowest BCUT2D eigenvalue weighted by Gasteiger charge is -2.24. The van der Waals surface area contributed by atoms with Crippen molar-refractivity contribution >= 4 is 19.8 Å². The molecule has 0 aromatic carbocycles. The van der Waals surface area contributed by atoms with Crippen molar-refractivity contribution in [2.75, 3.05) is 47.5 Å². The van der Waals surface area contributed by atoms with Crippen LogP contribution in [-0.2, 0) is 32.7 Å². The predicted octanol–water partition coefficient (Wildman–Crippen LogP) is 21.3. The number of esters is 2. The Balaban J connectivity index is 4.34. The van der Waals surface area contributed by atoms with Gasteiger partial charge in [-0.3, -0.25) is 18.6 Å². The molecule has 9 nitrogen and oxygen atoms in total. The highest BCUT2D eigenvalue weighted by Crippen LogP contribution is 2.43. The molecule has 0 fully saturated rings. The van der Waals surface area contributed by atoms with Gasteiger partial charge in [0.05, 0.1) is 27.7 Å². The SMILES string of the molecule is CC/C=C\C/C=C\C/C=C\C/C=C\C/C=C\C/C=C\C/C=C\C/C=C\C/C=C\CCCCCCCC(=O)OC(COC(=O)CCC/C=C\C/C=C\C/C=C\C/C=C\C/C=C\C/C=C\C/C=C\C/C=C\C/C=C\CC)COP(=O)(O)OCC[N+](C)(C)C. The van der Waals surface area contributed by atoms with Gasteiger partial charge in [0.1, 0.15) is 19.8 Å². The van der Waals surface area contributed by atoms with Gasteiger partial charge in [0.15, 0.2) is 6.10 Å². The van der Waals surface area contributed by atoms with Crippen molar-refractivity contribution in [1.29, 1.82) is 0 Å². The third-order valence-corrected chi connectivity index (χ3v) is 13.5. The monoisotopic (exact) mass is 1200 g/mol. The molecule has 86 heavy (non-hydrogen) atoms. The van der Waals surface area contributed by atoms with Crippen LogP contribution < -0.4 is 0 Å². The molecule has 0 radical (unpaired) electrons. The molecule has 0 bridgehead atoms. The number of carbonyl (C=O) groups is 2. The van der Waals surface area contributed by atoms with Gasteiger partial charge >= 0.3 is 19.8 Å². The molecule has 0 heterocycles. The summed E-state index contributed by atoms with van der Waals surface area (Å²) in [5.41, 5.74) is 0. The second-order valence-corrected chi connectivity index (χ2v) is 23.1. The Bertz CT molecular complexity index is 2250. The molecule has 10 heteroatoms. The zero-order valence-corrected chi connectivity index (χ0v) is 55.1. The normalized spacial score (nSPS) is 14.6. The molecular formula is C76H117NO8P+. The zero-order valence-electron chi connectivity index (χ0n) is 54.2. The van der Waals surface area contributed by atoms with Gasteiger partial charge in [0.25, 0.3) is 0 Å². The largest absolute Gasteiger partial charge is 0.472 e. The smallest absolute Gasteiger partial charge is 0.462 e. The average molecular weight is 1200 g/mol. The van der Waals surface area contributed by atoms with E-state index in [0.29, 0.717) is 23.9 Å². The molecular weight excluding hydrogens is 1090 g/mol. The maximum Gasteiger partial charge on any atom is 0.472 e. The first kappa shape index (κ1) is 80.3. The molecule has 0 saturated heterocycles. The van der Waals surface area contributed by atoms with E-state index in [1.54, 1.807) is 0 Å². The van der Waals surface area contributed by atoms with Crippen LogP contribution in [0.4, 0.5) is 0 Å². The summed E-state index contributed by atoms with van der Waals surface area (Å²) in [5.74, 6) is -0.912. The Morgan fingerprint density at radius 3 is 0.965 bits per heavy atom. The number of ether oxygens (including phenoxy) is 2. The number of unbranched alkanes of at least 4 members (excludes halogenated alkanes) is 6. The van der Waals surface area contributed by atoms with E-state index in [1.165, 1.54) is 0 Å². The van der Waals surface area contributed by atoms with Gasteiger partial charge in [-0.05, 0) is 148 Å². The number of phosphoric acid groups is 1. The maximum atomic E-state index is 12.9. The van der Waals surface area contributed by atoms with E-state index in [1.807, 2.05) is 21.1 Å². The fraction of sp³-hybridized carbons (Fsp3) is 0.500. The molecule has 0 aliphatic rings. The van der Waals surface area contributed by atoms with Crippen molar-refractivity contribution in [3.8, 4) is 0 Å². The lowest BCUT2D eigenvalue weighted by molar-refractivity contribution is -0.870. The molecule has 0 amide bonds. The van der Waals surface area contributed by atoms with E-state index >= 15 is 0 Å².